The number of piperidine rings is 1. The van der Waals surface area contributed by atoms with Gasteiger partial charge in [-0.3, -0.25) is 14.5 Å². The van der Waals surface area contributed by atoms with Crippen LogP contribution < -0.4 is 5.73 Å². The van der Waals surface area contributed by atoms with Crippen molar-refractivity contribution < 1.29 is 9.59 Å². The van der Waals surface area contributed by atoms with E-state index in [1.807, 2.05) is 26.0 Å². The number of nitrogen functional groups attached to an aromatic ring is 1. The molecule has 1 aliphatic carbocycles. The van der Waals surface area contributed by atoms with Gasteiger partial charge in [0.25, 0.3) is 0 Å². The van der Waals surface area contributed by atoms with Crippen molar-refractivity contribution >= 4 is 33.4 Å². The Hall–Kier alpha value is -1.36. The number of hydrogen-bond donors (Lipinski definition) is 1. The lowest BCUT2D eigenvalue weighted by molar-refractivity contribution is -0.143. The molecule has 2 amide bonds. The number of amides is 2. The van der Waals surface area contributed by atoms with Crippen LogP contribution in [0.3, 0.4) is 0 Å². The minimum Gasteiger partial charge on any atom is -0.398 e. The molecule has 0 spiro atoms. The monoisotopic (exact) mass is 322 g/mol. The molecule has 1 aromatic rings. The van der Waals surface area contributed by atoms with E-state index in [1.54, 1.807) is 6.07 Å². The number of likely N-dealkylation sites (tertiary alicyclic amines) is 1. The van der Waals surface area contributed by atoms with Crippen LogP contribution in [0.25, 0.3) is 0 Å². The third kappa shape index (κ3) is 1.71. The average Bonchev–Trinajstić information content (AvgIpc) is 2.81. The fourth-order valence-electron chi connectivity index (χ4n) is 3.03. The minimum absolute atomic E-state index is 0.0403. The van der Waals surface area contributed by atoms with E-state index in [1.165, 1.54) is 4.90 Å². The summed E-state index contributed by atoms with van der Waals surface area (Å²) >= 11 is 3.32. The lowest BCUT2D eigenvalue weighted by Crippen LogP contribution is -2.35. The summed E-state index contributed by atoms with van der Waals surface area (Å²) < 4.78 is 0.819. The predicted octanol–water partition coefficient (Wildman–Crippen LogP) is 2.17. The molecule has 0 radical (unpaired) electrons. The van der Waals surface area contributed by atoms with E-state index in [0.717, 1.165) is 10.0 Å². The van der Waals surface area contributed by atoms with Crippen molar-refractivity contribution in [1.82, 2.24) is 4.90 Å². The summed E-state index contributed by atoms with van der Waals surface area (Å²) in [5, 5.41) is 0. The molecule has 0 aromatic heterocycles. The van der Waals surface area contributed by atoms with Gasteiger partial charge in [-0.2, -0.15) is 0 Å². The highest BCUT2D eigenvalue weighted by Crippen LogP contribution is 2.63. The normalized spacial score (nSPS) is 27.6. The maximum atomic E-state index is 12.2. The number of carbonyl (C=O) groups excluding carboxylic acids is 2. The SMILES string of the molecule is CC1(C)C2C(=O)N(Cc3ccc(Br)c(N)c3)C(=O)C21. The summed E-state index contributed by atoms with van der Waals surface area (Å²) in [4.78, 5) is 25.8. The summed E-state index contributed by atoms with van der Waals surface area (Å²) in [5.74, 6) is -0.316. The fraction of sp³-hybridized carbons (Fsp3) is 0.429. The van der Waals surface area contributed by atoms with E-state index in [0.29, 0.717) is 12.2 Å². The van der Waals surface area contributed by atoms with E-state index in [2.05, 4.69) is 15.9 Å². The minimum atomic E-state index is -0.149. The molecule has 2 fully saturated rings. The van der Waals surface area contributed by atoms with Crippen LogP contribution in [0.4, 0.5) is 5.69 Å². The molecule has 2 unspecified atom stereocenters. The van der Waals surface area contributed by atoms with Crippen LogP contribution in [-0.4, -0.2) is 16.7 Å². The van der Waals surface area contributed by atoms with E-state index in [-0.39, 0.29) is 29.1 Å². The second-order valence-electron chi connectivity index (χ2n) is 5.90. The topological polar surface area (TPSA) is 63.4 Å². The number of rotatable bonds is 2. The Morgan fingerprint density at radius 1 is 1.26 bits per heavy atom. The van der Waals surface area contributed by atoms with Crippen LogP contribution >= 0.6 is 15.9 Å². The van der Waals surface area contributed by atoms with Gasteiger partial charge in [0.05, 0.1) is 18.4 Å². The highest BCUT2D eigenvalue weighted by Gasteiger charge is 2.72. The van der Waals surface area contributed by atoms with Crippen molar-refractivity contribution in [3.8, 4) is 0 Å². The highest BCUT2D eigenvalue weighted by molar-refractivity contribution is 9.10. The van der Waals surface area contributed by atoms with Gasteiger partial charge in [0.2, 0.25) is 11.8 Å². The zero-order chi connectivity index (χ0) is 13.9. The third-order valence-corrected chi connectivity index (χ3v) is 5.01. The van der Waals surface area contributed by atoms with Crippen molar-refractivity contribution in [2.24, 2.45) is 17.3 Å². The Balaban J connectivity index is 1.80. The number of nitrogens with two attached hydrogens (primary N) is 1. The first-order chi connectivity index (χ1) is 8.84. The Morgan fingerprint density at radius 2 is 1.84 bits per heavy atom. The zero-order valence-electron chi connectivity index (χ0n) is 10.8. The summed E-state index contributed by atoms with van der Waals surface area (Å²) in [6.45, 7) is 4.28. The molecule has 0 bridgehead atoms. The van der Waals surface area contributed by atoms with Gasteiger partial charge in [0.1, 0.15) is 0 Å². The van der Waals surface area contributed by atoms with Gasteiger partial charge in [0.15, 0.2) is 0 Å². The highest BCUT2D eigenvalue weighted by atomic mass is 79.9. The molecule has 2 aliphatic rings. The van der Waals surface area contributed by atoms with Crippen LogP contribution in [0.2, 0.25) is 0 Å². The molecule has 1 aromatic carbocycles. The van der Waals surface area contributed by atoms with E-state index < -0.39 is 0 Å². The standard InChI is InChI=1S/C14H15BrN2O2/c1-14(2)10-11(14)13(19)17(12(10)18)6-7-3-4-8(15)9(16)5-7/h3-5,10-11H,6,16H2,1-2H3. The number of nitrogens with zero attached hydrogens (tertiary/aromatic N) is 1. The van der Waals surface area contributed by atoms with Gasteiger partial charge in [0, 0.05) is 10.2 Å². The molecular formula is C14H15BrN2O2. The average molecular weight is 323 g/mol. The number of anilines is 1. The predicted molar refractivity (Wildman–Crippen MR) is 74.9 cm³/mol. The quantitative estimate of drug-likeness (QED) is 0.670. The largest absolute Gasteiger partial charge is 0.398 e. The van der Waals surface area contributed by atoms with Gasteiger partial charge >= 0.3 is 0 Å². The first-order valence-corrected chi connectivity index (χ1v) is 7.02. The van der Waals surface area contributed by atoms with Crippen LogP contribution in [0.5, 0.6) is 0 Å². The van der Waals surface area contributed by atoms with Crippen LogP contribution in [0.15, 0.2) is 22.7 Å². The summed E-state index contributed by atoms with van der Waals surface area (Å²) in [7, 11) is 0. The number of carbonyl (C=O) groups is 2. The number of halogens is 1. The molecular weight excluding hydrogens is 308 g/mol. The number of benzene rings is 1. The van der Waals surface area contributed by atoms with Crippen molar-refractivity contribution in [2.75, 3.05) is 5.73 Å². The number of fused-ring (bicyclic) bond motifs is 1. The smallest absolute Gasteiger partial charge is 0.233 e. The molecule has 1 heterocycles. The molecule has 5 heteroatoms. The van der Waals surface area contributed by atoms with Crippen LogP contribution in [0.1, 0.15) is 19.4 Å². The summed E-state index contributed by atoms with van der Waals surface area (Å²) in [6.07, 6.45) is 0. The van der Waals surface area contributed by atoms with Crippen molar-refractivity contribution in [3.05, 3.63) is 28.2 Å². The molecule has 2 N–H and O–H groups in total. The molecule has 1 saturated heterocycles. The molecule has 1 aliphatic heterocycles. The number of imide groups is 1. The lowest BCUT2D eigenvalue weighted by atomic mass is 10.1. The van der Waals surface area contributed by atoms with Crippen LogP contribution in [0, 0.1) is 17.3 Å². The van der Waals surface area contributed by atoms with Crippen molar-refractivity contribution in [2.45, 2.75) is 20.4 Å². The van der Waals surface area contributed by atoms with Gasteiger partial charge in [-0.05, 0) is 39.0 Å². The second-order valence-corrected chi connectivity index (χ2v) is 6.75. The van der Waals surface area contributed by atoms with Gasteiger partial charge in [-0.15, -0.1) is 0 Å². The Kier molecular flexibility index (Phi) is 2.55. The first-order valence-electron chi connectivity index (χ1n) is 6.23. The van der Waals surface area contributed by atoms with Gasteiger partial charge in [-0.25, -0.2) is 0 Å². The molecule has 19 heavy (non-hydrogen) atoms. The molecule has 2 atom stereocenters. The van der Waals surface area contributed by atoms with Gasteiger partial charge < -0.3 is 5.73 Å². The van der Waals surface area contributed by atoms with Crippen molar-refractivity contribution in [1.29, 1.82) is 0 Å². The lowest BCUT2D eigenvalue weighted by Gasteiger charge is -2.20. The third-order valence-electron chi connectivity index (χ3n) is 4.29. The Morgan fingerprint density at radius 3 is 2.37 bits per heavy atom. The second kappa shape index (κ2) is 3.82. The zero-order valence-corrected chi connectivity index (χ0v) is 12.4. The maximum absolute atomic E-state index is 12.2. The molecule has 1 saturated carbocycles. The Labute approximate surface area is 120 Å². The first kappa shape index (κ1) is 12.7. The fourth-order valence-corrected chi connectivity index (χ4v) is 3.28. The van der Waals surface area contributed by atoms with E-state index >= 15 is 0 Å². The number of hydrogen-bond acceptors (Lipinski definition) is 3. The van der Waals surface area contributed by atoms with E-state index in [4.69, 9.17) is 5.73 Å². The Bertz CT molecular complexity index is 573. The van der Waals surface area contributed by atoms with E-state index in [9.17, 15) is 9.59 Å². The van der Waals surface area contributed by atoms with Crippen molar-refractivity contribution in [3.63, 3.8) is 0 Å². The molecule has 100 valence electrons. The summed E-state index contributed by atoms with van der Waals surface area (Å²) in [5.41, 5.74) is 7.15. The van der Waals surface area contributed by atoms with Gasteiger partial charge in [-0.1, -0.05) is 19.9 Å². The maximum Gasteiger partial charge on any atom is 0.233 e. The van der Waals surface area contributed by atoms with Crippen LogP contribution in [-0.2, 0) is 16.1 Å². The molecule has 3 rings (SSSR count). The molecule has 4 nitrogen and oxygen atoms in total. The summed E-state index contributed by atoms with van der Waals surface area (Å²) in [6, 6.07) is 5.50.